The van der Waals surface area contributed by atoms with E-state index in [9.17, 15) is 9.59 Å². The number of thioether (sulfide) groups is 1. The molecule has 2 N–H and O–H groups in total. The van der Waals surface area contributed by atoms with Crippen LogP contribution in [0.5, 0.6) is 0 Å². The first kappa shape index (κ1) is 15.9. The molecule has 2 amide bonds. The van der Waals surface area contributed by atoms with Crippen LogP contribution in [0.2, 0.25) is 0 Å². The number of nitrogens with two attached hydrogens (primary N) is 1. The van der Waals surface area contributed by atoms with Crippen LogP contribution in [-0.2, 0) is 9.59 Å². The van der Waals surface area contributed by atoms with Gasteiger partial charge in [-0.1, -0.05) is 43.7 Å². The zero-order valence-corrected chi connectivity index (χ0v) is 13.5. The van der Waals surface area contributed by atoms with E-state index < -0.39 is 11.9 Å². The zero-order chi connectivity index (χ0) is 15.6. The van der Waals surface area contributed by atoms with Crippen LogP contribution in [0.15, 0.2) is 24.3 Å². The molecule has 0 unspecified atom stereocenters. The molecule has 0 radical (unpaired) electrons. The number of carbonyl (C=O) groups is 2. The predicted octanol–water partition coefficient (Wildman–Crippen LogP) is 2.47. The van der Waals surface area contributed by atoms with Crippen LogP contribution >= 0.6 is 11.8 Å². The Bertz CT molecular complexity index is 545. The highest BCUT2D eigenvalue weighted by molar-refractivity contribution is 8.00. The van der Waals surface area contributed by atoms with Gasteiger partial charge in [-0.3, -0.25) is 9.59 Å². The molecule has 1 aromatic rings. The number of hydrogen-bond donors (Lipinski definition) is 1. The second-order valence-corrected chi connectivity index (χ2v) is 6.99. The van der Waals surface area contributed by atoms with Crippen molar-refractivity contribution in [3.05, 3.63) is 35.4 Å². The molecule has 1 fully saturated rings. The molecule has 1 aliphatic rings. The van der Waals surface area contributed by atoms with Gasteiger partial charge in [-0.2, -0.15) is 0 Å². The molecule has 1 aromatic carbocycles. The first-order chi connectivity index (χ1) is 9.90. The van der Waals surface area contributed by atoms with Crippen LogP contribution in [0.3, 0.4) is 0 Å². The lowest BCUT2D eigenvalue weighted by Crippen LogP contribution is -2.47. The molecule has 1 saturated heterocycles. The lowest BCUT2D eigenvalue weighted by Gasteiger charge is -2.32. The van der Waals surface area contributed by atoms with Crippen molar-refractivity contribution in [1.29, 1.82) is 0 Å². The summed E-state index contributed by atoms with van der Waals surface area (Å²) in [6.07, 6.45) is 0.601. The average Bonchev–Trinajstić information content (AvgIpc) is 2.77. The normalized spacial score (nSPS) is 20.1. The molecule has 5 heteroatoms. The molecular formula is C16H22N2O2S. The molecular weight excluding hydrogens is 284 g/mol. The Kier molecular flexibility index (Phi) is 4.93. The van der Waals surface area contributed by atoms with Gasteiger partial charge < -0.3 is 10.6 Å². The summed E-state index contributed by atoms with van der Waals surface area (Å²) in [5.41, 5.74) is 7.76. The average molecular weight is 306 g/mol. The Morgan fingerprint density at radius 3 is 2.76 bits per heavy atom. The van der Waals surface area contributed by atoms with Gasteiger partial charge in [0.2, 0.25) is 11.8 Å². The molecule has 1 heterocycles. The van der Waals surface area contributed by atoms with E-state index in [2.05, 4.69) is 6.07 Å². The third kappa shape index (κ3) is 3.59. The van der Waals surface area contributed by atoms with Crippen LogP contribution in [-0.4, -0.2) is 28.5 Å². The van der Waals surface area contributed by atoms with Crippen LogP contribution < -0.4 is 5.73 Å². The second-order valence-electron chi connectivity index (χ2n) is 5.93. The van der Waals surface area contributed by atoms with E-state index in [1.54, 1.807) is 16.7 Å². The minimum Gasteiger partial charge on any atom is -0.368 e. The van der Waals surface area contributed by atoms with E-state index in [0.29, 0.717) is 18.1 Å². The maximum absolute atomic E-state index is 12.3. The Balaban J connectivity index is 2.33. The van der Waals surface area contributed by atoms with E-state index in [4.69, 9.17) is 5.73 Å². The SMILES string of the molecule is Cc1cccc([C@@H]2SCC(=O)N2[C@@H](CC(C)C)C(N)=O)c1. The van der Waals surface area contributed by atoms with Crippen molar-refractivity contribution < 1.29 is 9.59 Å². The van der Waals surface area contributed by atoms with Gasteiger partial charge in [-0.05, 0) is 24.8 Å². The largest absolute Gasteiger partial charge is 0.368 e. The number of nitrogens with zero attached hydrogens (tertiary/aromatic N) is 1. The van der Waals surface area contributed by atoms with Gasteiger partial charge in [0.15, 0.2) is 0 Å². The molecule has 2 atom stereocenters. The fraction of sp³-hybridized carbons (Fsp3) is 0.500. The molecule has 0 bridgehead atoms. The van der Waals surface area contributed by atoms with E-state index in [1.807, 2.05) is 39.0 Å². The number of rotatable bonds is 5. The molecule has 2 rings (SSSR count). The fourth-order valence-corrected chi connectivity index (χ4v) is 3.88. The van der Waals surface area contributed by atoms with Gasteiger partial charge in [0.1, 0.15) is 11.4 Å². The highest BCUT2D eigenvalue weighted by Gasteiger charge is 2.40. The zero-order valence-electron chi connectivity index (χ0n) is 12.7. The topological polar surface area (TPSA) is 63.4 Å². The van der Waals surface area contributed by atoms with Crippen molar-refractivity contribution in [1.82, 2.24) is 4.90 Å². The van der Waals surface area contributed by atoms with Gasteiger partial charge in [-0.15, -0.1) is 11.8 Å². The molecule has 114 valence electrons. The summed E-state index contributed by atoms with van der Waals surface area (Å²) < 4.78 is 0. The van der Waals surface area contributed by atoms with Crippen molar-refractivity contribution in [3.8, 4) is 0 Å². The number of carbonyl (C=O) groups excluding carboxylic acids is 2. The van der Waals surface area contributed by atoms with E-state index in [1.165, 1.54) is 0 Å². The summed E-state index contributed by atoms with van der Waals surface area (Å²) in [5.74, 6) is 0.285. The fourth-order valence-electron chi connectivity index (χ4n) is 2.67. The molecule has 0 saturated carbocycles. The first-order valence-corrected chi connectivity index (χ1v) is 8.23. The van der Waals surface area contributed by atoms with Gasteiger partial charge in [0.25, 0.3) is 0 Å². The Hall–Kier alpha value is -1.49. The van der Waals surface area contributed by atoms with Crippen LogP contribution in [0.25, 0.3) is 0 Å². The van der Waals surface area contributed by atoms with Gasteiger partial charge in [0.05, 0.1) is 5.75 Å². The highest BCUT2D eigenvalue weighted by atomic mass is 32.2. The lowest BCUT2D eigenvalue weighted by atomic mass is 10.0. The Morgan fingerprint density at radius 1 is 1.48 bits per heavy atom. The van der Waals surface area contributed by atoms with Crippen molar-refractivity contribution in [2.75, 3.05) is 5.75 Å². The summed E-state index contributed by atoms with van der Waals surface area (Å²) in [5, 5.41) is -0.117. The summed E-state index contributed by atoms with van der Waals surface area (Å²) in [6.45, 7) is 6.09. The standard InChI is InChI=1S/C16H22N2O2S/c1-10(2)7-13(15(17)20)18-14(19)9-21-16(18)12-6-4-5-11(3)8-12/h4-6,8,10,13,16H,7,9H2,1-3H3,(H2,17,20)/t13-,16-/m0/s1. The third-order valence-corrected chi connectivity index (χ3v) is 4.82. The number of hydrogen-bond acceptors (Lipinski definition) is 3. The second kappa shape index (κ2) is 6.52. The van der Waals surface area contributed by atoms with Crippen molar-refractivity contribution in [2.45, 2.75) is 38.6 Å². The van der Waals surface area contributed by atoms with Crippen molar-refractivity contribution >= 4 is 23.6 Å². The van der Waals surface area contributed by atoms with Crippen LogP contribution in [0, 0.1) is 12.8 Å². The van der Waals surface area contributed by atoms with E-state index >= 15 is 0 Å². The summed E-state index contributed by atoms with van der Waals surface area (Å²) in [7, 11) is 0. The molecule has 21 heavy (non-hydrogen) atoms. The first-order valence-electron chi connectivity index (χ1n) is 7.18. The lowest BCUT2D eigenvalue weighted by molar-refractivity contribution is -0.137. The molecule has 0 aromatic heterocycles. The van der Waals surface area contributed by atoms with Crippen molar-refractivity contribution in [2.24, 2.45) is 11.7 Å². The monoisotopic (exact) mass is 306 g/mol. The maximum Gasteiger partial charge on any atom is 0.240 e. The third-order valence-electron chi connectivity index (χ3n) is 3.59. The van der Waals surface area contributed by atoms with Gasteiger partial charge >= 0.3 is 0 Å². The predicted molar refractivity (Wildman–Crippen MR) is 85.7 cm³/mol. The number of aryl methyl sites for hydroxylation is 1. The maximum atomic E-state index is 12.3. The number of benzene rings is 1. The Morgan fingerprint density at radius 2 is 2.19 bits per heavy atom. The number of amides is 2. The Labute approximate surface area is 130 Å². The van der Waals surface area contributed by atoms with Crippen LogP contribution in [0.4, 0.5) is 0 Å². The molecule has 4 nitrogen and oxygen atoms in total. The minimum absolute atomic E-state index is 0.00374. The summed E-state index contributed by atoms with van der Waals surface area (Å²) in [6, 6.07) is 7.54. The highest BCUT2D eigenvalue weighted by Crippen LogP contribution is 2.41. The van der Waals surface area contributed by atoms with Crippen molar-refractivity contribution in [3.63, 3.8) is 0 Å². The molecule has 0 aliphatic carbocycles. The quantitative estimate of drug-likeness (QED) is 0.909. The van der Waals surface area contributed by atoms with E-state index in [0.717, 1.165) is 11.1 Å². The van der Waals surface area contributed by atoms with Crippen LogP contribution in [0.1, 0.15) is 36.8 Å². The molecule has 1 aliphatic heterocycles. The van der Waals surface area contributed by atoms with Gasteiger partial charge in [-0.25, -0.2) is 0 Å². The van der Waals surface area contributed by atoms with E-state index in [-0.39, 0.29) is 11.3 Å². The molecule has 0 spiro atoms. The minimum atomic E-state index is -0.530. The van der Waals surface area contributed by atoms with Gasteiger partial charge in [0, 0.05) is 0 Å². The number of primary amides is 1. The summed E-state index contributed by atoms with van der Waals surface area (Å²) in [4.78, 5) is 25.8. The smallest absolute Gasteiger partial charge is 0.240 e. The summed E-state index contributed by atoms with van der Waals surface area (Å²) >= 11 is 1.56.